The van der Waals surface area contributed by atoms with Crippen LogP contribution in [0, 0.1) is 6.92 Å². The quantitative estimate of drug-likeness (QED) is 0.531. The van der Waals surface area contributed by atoms with Gasteiger partial charge in [-0.3, -0.25) is 19.8 Å². The van der Waals surface area contributed by atoms with Crippen LogP contribution in [0.15, 0.2) is 30.3 Å². The minimum absolute atomic E-state index is 0.233. The first-order chi connectivity index (χ1) is 12.4. The Balaban J connectivity index is 1.67. The van der Waals surface area contributed by atoms with E-state index in [1.54, 1.807) is 13.0 Å². The molecule has 4 N–H and O–H groups in total. The van der Waals surface area contributed by atoms with Crippen molar-refractivity contribution in [2.45, 2.75) is 26.3 Å². The molecular weight excluding hydrogens is 336 g/mol. The normalized spacial score (nSPS) is 11.9. The van der Waals surface area contributed by atoms with Crippen molar-refractivity contribution in [3.05, 3.63) is 53.2 Å². The van der Waals surface area contributed by atoms with Crippen molar-refractivity contribution >= 4 is 11.9 Å². The number of nitrogens with one attached hydrogen (secondary N) is 3. The second-order valence-electron chi connectivity index (χ2n) is 5.94. The molecule has 0 aliphatic heterocycles. The average molecular weight is 354 g/mol. The lowest BCUT2D eigenvalue weighted by Gasteiger charge is -2.08. The number of carbonyl (C=O) groups is 2. The number of benzene rings is 1. The zero-order valence-electron chi connectivity index (χ0n) is 14.3. The van der Waals surface area contributed by atoms with Gasteiger partial charge in [0.05, 0.1) is 11.7 Å². The molecule has 0 saturated carbocycles. The lowest BCUT2D eigenvalue weighted by Crippen LogP contribution is -2.27. The highest BCUT2D eigenvalue weighted by Gasteiger charge is 2.18. The van der Waals surface area contributed by atoms with E-state index in [4.69, 9.17) is 5.11 Å². The topological polar surface area (TPSA) is 137 Å². The van der Waals surface area contributed by atoms with Gasteiger partial charge in [-0.2, -0.15) is 10.2 Å². The standard InChI is InChI=1S/C17H18N6O3/c1-9-3-5-11(6-4-9)12-7-13(21-20-12)17(26)18-10(2)16-19-14(22-23-16)8-15(24)25/h3-7,10H,8H2,1-2H3,(H,18,26)(H,20,21)(H,24,25)(H,19,22,23)/t10-/m0/s1. The van der Waals surface area contributed by atoms with Gasteiger partial charge >= 0.3 is 5.97 Å². The summed E-state index contributed by atoms with van der Waals surface area (Å²) in [6, 6.07) is 9.00. The molecule has 3 rings (SSSR count). The van der Waals surface area contributed by atoms with E-state index in [0.29, 0.717) is 17.2 Å². The molecule has 0 aliphatic rings. The van der Waals surface area contributed by atoms with Crippen molar-refractivity contribution in [1.29, 1.82) is 0 Å². The van der Waals surface area contributed by atoms with E-state index in [0.717, 1.165) is 11.1 Å². The maximum absolute atomic E-state index is 12.4. The van der Waals surface area contributed by atoms with Crippen LogP contribution in [0.5, 0.6) is 0 Å². The molecule has 0 aliphatic carbocycles. The van der Waals surface area contributed by atoms with Gasteiger partial charge in [-0.25, -0.2) is 4.98 Å². The van der Waals surface area contributed by atoms with Crippen molar-refractivity contribution < 1.29 is 14.7 Å². The summed E-state index contributed by atoms with van der Waals surface area (Å²) < 4.78 is 0. The Morgan fingerprint density at radius 1 is 1.19 bits per heavy atom. The minimum atomic E-state index is -1.01. The molecule has 0 spiro atoms. The molecule has 2 aromatic heterocycles. The van der Waals surface area contributed by atoms with Gasteiger partial charge in [-0.1, -0.05) is 29.8 Å². The zero-order valence-corrected chi connectivity index (χ0v) is 14.3. The Morgan fingerprint density at radius 3 is 2.62 bits per heavy atom. The molecule has 3 aromatic rings. The number of aryl methyl sites for hydroxylation is 1. The average Bonchev–Trinajstić information content (AvgIpc) is 3.24. The van der Waals surface area contributed by atoms with Crippen LogP contribution in [-0.4, -0.2) is 42.4 Å². The van der Waals surface area contributed by atoms with E-state index in [1.807, 2.05) is 31.2 Å². The molecule has 0 bridgehead atoms. The molecule has 0 unspecified atom stereocenters. The highest BCUT2D eigenvalue weighted by atomic mass is 16.4. The molecule has 1 amide bonds. The van der Waals surface area contributed by atoms with Crippen LogP contribution in [-0.2, 0) is 11.2 Å². The number of aromatic nitrogens is 5. The van der Waals surface area contributed by atoms with Gasteiger partial charge in [-0.05, 0) is 19.9 Å². The molecule has 0 fully saturated rings. The number of nitrogens with zero attached hydrogens (tertiary/aromatic N) is 3. The largest absolute Gasteiger partial charge is 0.481 e. The number of aliphatic carboxylic acids is 1. The summed E-state index contributed by atoms with van der Waals surface area (Å²) in [5.41, 5.74) is 3.04. The first kappa shape index (κ1) is 17.3. The number of aromatic amines is 2. The van der Waals surface area contributed by atoms with Gasteiger partial charge in [0.1, 0.15) is 17.9 Å². The van der Waals surface area contributed by atoms with E-state index in [-0.39, 0.29) is 18.2 Å². The van der Waals surface area contributed by atoms with Crippen molar-refractivity contribution in [3.63, 3.8) is 0 Å². The lowest BCUT2D eigenvalue weighted by atomic mass is 10.1. The Hall–Kier alpha value is -3.49. The fraction of sp³-hybridized carbons (Fsp3) is 0.235. The summed E-state index contributed by atoms with van der Waals surface area (Å²) in [6.07, 6.45) is -0.256. The second-order valence-corrected chi connectivity index (χ2v) is 5.94. The molecule has 134 valence electrons. The minimum Gasteiger partial charge on any atom is -0.481 e. The summed E-state index contributed by atoms with van der Waals surface area (Å²) in [5.74, 6) is -0.817. The summed E-state index contributed by atoms with van der Waals surface area (Å²) >= 11 is 0. The molecule has 0 saturated heterocycles. The maximum Gasteiger partial charge on any atom is 0.311 e. The number of amides is 1. The fourth-order valence-corrected chi connectivity index (χ4v) is 2.38. The third kappa shape index (κ3) is 3.94. The maximum atomic E-state index is 12.4. The van der Waals surface area contributed by atoms with Crippen LogP contribution in [0.1, 0.15) is 40.7 Å². The van der Waals surface area contributed by atoms with Gasteiger partial charge in [0, 0.05) is 5.56 Å². The Morgan fingerprint density at radius 2 is 1.92 bits per heavy atom. The Labute approximate surface area is 148 Å². The summed E-state index contributed by atoms with van der Waals surface area (Å²) in [7, 11) is 0. The van der Waals surface area contributed by atoms with Gasteiger partial charge in [0.2, 0.25) is 0 Å². The highest BCUT2D eigenvalue weighted by molar-refractivity contribution is 5.93. The fourth-order valence-electron chi connectivity index (χ4n) is 2.38. The molecule has 2 heterocycles. The van der Waals surface area contributed by atoms with Gasteiger partial charge in [0.15, 0.2) is 5.82 Å². The number of carboxylic acid groups (broad SMARTS) is 1. The van der Waals surface area contributed by atoms with Crippen molar-refractivity contribution in [1.82, 2.24) is 30.7 Å². The molecule has 1 aromatic carbocycles. The Bertz CT molecular complexity index is 928. The van der Waals surface area contributed by atoms with Gasteiger partial charge in [0.25, 0.3) is 5.91 Å². The van der Waals surface area contributed by atoms with Crippen LogP contribution in [0.25, 0.3) is 11.3 Å². The SMILES string of the molecule is Cc1ccc(-c2cc(C(=O)N[C@@H](C)c3n[nH]c(CC(=O)O)n3)[nH]n2)cc1. The van der Waals surface area contributed by atoms with E-state index in [2.05, 4.69) is 30.7 Å². The summed E-state index contributed by atoms with van der Waals surface area (Å²) in [4.78, 5) is 27.1. The van der Waals surface area contributed by atoms with Crippen LogP contribution >= 0.6 is 0 Å². The zero-order chi connectivity index (χ0) is 18.7. The van der Waals surface area contributed by atoms with Crippen molar-refractivity contribution in [2.75, 3.05) is 0 Å². The summed E-state index contributed by atoms with van der Waals surface area (Å²) in [6.45, 7) is 3.71. The van der Waals surface area contributed by atoms with E-state index in [1.165, 1.54) is 0 Å². The molecular formula is C17H18N6O3. The van der Waals surface area contributed by atoms with Crippen LogP contribution < -0.4 is 5.32 Å². The predicted molar refractivity (Wildman–Crippen MR) is 92.4 cm³/mol. The molecule has 26 heavy (non-hydrogen) atoms. The van der Waals surface area contributed by atoms with E-state index < -0.39 is 12.0 Å². The first-order valence-electron chi connectivity index (χ1n) is 7.98. The number of hydrogen-bond acceptors (Lipinski definition) is 5. The summed E-state index contributed by atoms with van der Waals surface area (Å²) in [5, 5.41) is 24.9. The first-order valence-corrected chi connectivity index (χ1v) is 7.98. The molecule has 1 atom stereocenters. The molecule has 0 radical (unpaired) electrons. The second kappa shape index (κ2) is 7.18. The third-order valence-electron chi connectivity index (χ3n) is 3.77. The van der Waals surface area contributed by atoms with Crippen LogP contribution in [0.2, 0.25) is 0 Å². The number of carboxylic acids is 1. The van der Waals surface area contributed by atoms with Gasteiger partial charge < -0.3 is 10.4 Å². The predicted octanol–water partition coefficient (Wildman–Crippen LogP) is 1.62. The van der Waals surface area contributed by atoms with Crippen molar-refractivity contribution in [2.24, 2.45) is 0 Å². The van der Waals surface area contributed by atoms with E-state index in [9.17, 15) is 9.59 Å². The highest BCUT2D eigenvalue weighted by Crippen LogP contribution is 2.18. The number of rotatable bonds is 6. The smallest absolute Gasteiger partial charge is 0.311 e. The Kier molecular flexibility index (Phi) is 4.78. The van der Waals surface area contributed by atoms with Crippen LogP contribution in [0.3, 0.4) is 0 Å². The molecule has 9 heteroatoms. The monoisotopic (exact) mass is 354 g/mol. The van der Waals surface area contributed by atoms with Crippen molar-refractivity contribution in [3.8, 4) is 11.3 Å². The number of carbonyl (C=O) groups excluding carboxylic acids is 1. The lowest BCUT2D eigenvalue weighted by molar-refractivity contribution is -0.136. The number of hydrogen-bond donors (Lipinski definition) is 4. The third-order valence-corrected chi connectivity index (χ3v) is 3.77. The van der Waals surface area contributed by atoms with Gasteiger partial charge in [-0.15, -0.1) is 0 Å². The van der Waals surface area contributed by atoms with E-state index >= 15 is 0 Å². The molecule has 9 nitrogen and oxygen atoms in total. The number of H-pyrrole nitrogens is 2. The van der Waals surface area contributed by atoms with Crippen LogP contribution in [0.4, 0.5) is 0 Å².